The Labute approximate surface area is 149 Å². The van der Waals surface area contributed by atoms with Gasteiger partial charge in [-0.15, -0.1) is 0 Å². The molecule has 0 aliphatic rings. The van der Waals surface area contributed by atoms with Crippen molar-refractivity contribution in [2.24, 2.45) is 0 Å². The van der Waals surface area contributed by atoms with Crippen LogP contribution >= 0.6 is 23.2 Å². The van der Waals surface area contributed by atoms with Gasteiger partial charge in [0.15, 0.2) is 5.78 Å². The fraction of sp³-hybridized carbons (Fsp3) is 0.438. The van der Waals surface area contributed by atoms with Crippen LogP contribution in [0, 0.1) is 13.8 Å². The molecule has 0 saturated heterocycles. The van der Waals surface area contributed by atoms with Gasteiger partial charge in [0.1, 0.15) is 11.6 Å². The summed E-state index contributed by atoms with van der Waals surface area (Å²) in [6, 6.07) is 1.91. The van der Waals surface area contributed by atoms with Gasteiger partial charge in [-0.25, -0.2) is 4.68 Å². The smallest absolute Gasteiger partial charge is 0.287 e. The molecule has 0 unspecified atom stereocenters. The van der Waals surface area contributed by atoms with Crippen LogP contribution in [0.1, 0.15) is 34.7 Å². The molecule has 0 saturated carbocycles. The molecule has 1 atom stereocenters. The number of ether oxygens (including phenoxy) is 1. The minimum absolute atomic E-state index is 0.0666. The lowest BCUT2D eigenvalue weighted by atomic mass is 10.1. The number of rotatable bonds is 6. The molecule has 0 aliphatic carbocycles. The summed E-state index contributed by atoms with van der Waals surface area (Å²) < 4.78 is 8.24. The van der Waals surface area contributed by atoms with Crippen molar-refractivity contribution in [3.8, 4) is 0 Å². The van der Waals surface area contributed by atoms with E-state index in [2.05, 4.69) is 5.10 Å². The fourth-order valence-electron chi connectivity index (χ4n) is 2.83. The van der Waals surface area contributed by atoms with E-state index in [1.54, 1.807) is 7.11 Å². The van der Waals surface area contributed by atoms with Crippen LogP contribution in [0.25, 0.3) is 0 Å². The average Bonchev–Trinajstić information content (AvgIpc) is 2.83. The minimum Gasteiger partial charge on any atom is -0.383 e. The van der Waals surface area contributed by atoms with E-state index < -0.39 is 5.56 Å². The third-order valence-corrected chi connectivity index (χ3v) is 4.62. The van der Waals surface area contributed by atoms with Crippen LogP contribution in [0.3, 0.4) is 0 Å². The number of aryl methyl sites for hydroxylation is 1. The predicted octanol–water partition coefficient (Wildman–Crippen LogP) is 3.06. The molecule has 0 aromatic carbocycles. The average molecular weight is 372 g/mol. The maximum Gasteiger partial charge on any atom is 0.287 e. The van der Waals surface area contributed by atoms with Crippen molar-refractivity contribution in [3.05, 3.63) is 49.6 Å². The summed E-state index contributed by atoms with van der Waals surface area (Å²) in [4.78, 5) is 24.6. The van der Waals surface area contributed by atoms with E-state index in [4.69, 9.17) is 27.9 Å². The highest BCUT2D eigenvalue weighted by Gasteiger charge is 2.20. The van der Waals surface area contributed by atoms with Gasteiger partial charge >= 0.3 is 0 Å². The fourth-order valence-corrected chi connectivity index (χ4v) is 3.10. The van der Waals surface area contributed by atoms with Gasteiger partial charge in [0.25, 0.3) is 5.56 Å². The molecule has 2 aromatic rings. The number of Topliss-reactive ketones (excluding diaryl/α,β-unsaturated/α-hetero) is 1. The number of hydrogen-bond acceptors (Lipinski definition) is 4. The van der Waals surface area contributed by atoms with Gasteiger partial charge in [0.2, 0.25) is 0 Å². The first-order valence-corrected chi connectivity index (χ1v) is 8.15. The van der Waals surface area contributed by atoms with E-state index >= 15 is 0 Å². The Morgan fingerprint density at radius 1 is 1.38 bits per heavy atom. The molecule has 0 N–H and O–H groups in total. The van der Waals surface area contributed by atoms with E-state index in [0.717, 1.165) is 16.1 Å². The molecule has 24 heavy (non-hydrogen) atoms. The first kappa shape index (κ1) is 18.7. The van der Waals surface area contributed by atoms with Gasteiger partial charge < -0.3 is 9.30 Å². The molecule has 2 rings (SSSR count). The molecule has 8 heteroatoms. The maximum atomic E-state index is 12.6. The molecule has 2 aromatic heterocycles. The van der Waals surface area contributed by atoms with E-state index in [0.29, 0.717) is 12.2 Å². The van der Waals surface area contributed by atoms with Crippen molar-refractivity contribution in [3.63, 3.8) is 0 Å². The second-order valence-electron chi connectivity index (χ2n) is 5.65. The monoisotopic (exact) mass is 371 g/mol. The van der Waals surface area contributed by atoms with Crippen LogP contribution in [0.5, 0.6) is 0 Å². The zero-order valence-electron chi connectivity index (χ0n) is 14.0. The summed E-state index contributed by atoms with van der Waals surface area (Å²) in [5, 5.41) is 3.79. The lowest BCUT2D eigenvalue weighted by Gasteiger charge is -2.17. The molecular weight excluding hydrogens is 353 g/mol. The highest BCUT2D eigenvalue weighted by atomic mass is 35.5. The van der Waals surface area contributed by atoms with Gasteiger partial charge in [0, 0.05) is 24.1 Å². The van der Waals surface area contributed by atoms with E-state index in [1.807, 2.05) is 31.4 Å². The topological polar surface area (TPSA) is 66.1 Å². The van der Waals surface area contributed by atoms with Crippen molar-refractivity contribution >= 4 is 29.0 Å². The highest BCUT2D eigenvalue weighted by Crippen LogP contribution is 2.21. The van der Waals surface area contributed by atoms with Gasteiger partial charge in [-0.05, 0) is 26.8 Å². The Hall–Kier alpha value is -1.63. The Kier molecular flexibility index (Phi) is 5.85. The number of methoxy groups -OCH3 is 1. The third kappa shape index (κ3) is 3.55. The number of aromatic nitrogens is 3. The van der Waals surface area contributed by atoms with E-state index in [9.17, 15) is 9.59 Å². The molecule has 0 radical (unpaired) electrons. The van der Waals surface area contributed by atoms with Crippen LogP contribution in [-0.2, 0) is 11.3 Å². The summed E-state index contributed by atoms with van der Waals surface area (Å²) in [6.45, 7) is 6.16. The zero-order valence-corrected chi connectivity index (χ0v) is 15.5. The number of nitrogens with zero attached hydrogens (tertiary/aromatic N) is 3. The normalized spacial score (nSPS) is 12.4. The van der Waals surface area contributed by atoms with Crippen LogP contribution < -0.4 is 5.56 Å². The number of hydrogen-bond donors (Lipinski definition) is 0. The van der Waals surface area contributed by atoms with Crippen LogP contribution in [0.4, 0.5) is 0 Å². The number of halogens is 2. The highest BCUT2D eigenvalue weighted by molar-refractivity contribution is 6.41. The first-order valence-electron chi connectivity index (χ1n) is 7.39. The summed E-state index contributed by atoms with van der Waals surface area (Å²) >= 11 is 11.6. The zero-order chi connectivity index (χ0) is 18.0. The molecule has 0 aliphatic heterocycles. The SMILES string of the molecule is COC[C@@H](C)n1c(C)cc(C(=O)Cn2ncc(Cl)c(Cl)c2=O)c1C. The Bertz CT molecular complexity index is 827. The largest absolute Gasteiger partial charge is 0.383 e. The Balaban J connectivity index is 2.33. The Morgan fingerprint density at radius 2 is 2.04 bits per heavy atom. The maximum absolute atomic E-state index is 12.6. The van der Waals surface area contributed by atoms with E-state index in [-0.39, 0.29) is 28.4 Å². The first-order chi connectivity index (χ1) is 11.3. The number of carbonyl (C=O) groups is 1. The van der Waals surface area contributed by atoms with Crippen LogP contribution in [-0.4, -0.2) is 33.8 Å². The van der Waals surface area contributed by atoms with Gasteiger partial charge in [0.05, 0.1) is 23.9 Å². The quantitative estimate of drug-likeness (QED) is 0.731. The number of ketones is 1. The van der Waals surface area contributed by atoms with Gasteiger partial charge in [-0.1, -0.05) is 23.2 Å². The Morgan fingerprint density at radius 3 is 2.67 bits per heavy atom. The molecule has 130 valence electrons. The summed E-state index contributed by atoms with van der Waals surface area (Å²) in [5.74, 6) is -0.216. The second-order valence-corrected chi connectivity index (χ2v) is 6.44. The lowest BCUT2D eigenvalue weighted by molar-refractivity contribution is 0.0964. The van der Waals surface area contributed by atoms with Crippen molar-refractivity contribution in [2.45, 2.75) is 33.4 Å². The van der Waals surface area contributed by atoms with Crippen molar-refractivity contribution < 1.29 is 9.53 Å². The van der Waals surface area contributed by atoms with E-state index in [1.165, 1.54) is 6.20 Å². The standard InChI is InChI=1S/C16H19Cl2N3O3/c1-9-5-12(11(3)21(9)10(2)8-24-4)14(22)7-20-16(23)15(18)13(17)6-19-20/h5-6,10H,7-8H2,1-4H3/t10-/m1/s1. The second kappa shape index (κ2) is 7.51. The molecule has 0 spiro atoms. The molecular formula is C16H19Cl2N3O3. The van der Waals surface area contributed by atoms with Crippen molar-refractivity contribution in [2.75, 3.05) is 13.7 Å². The molecule has 0 amide bonds. The summed E-state index contributed by atoms with van der Waals surface area (Å²) in [7, 11) is 1.64. The minimum atomic E-state index is -0.584. The number of carbonyl (C=O) groups excluding carboxylic acids is 1. The van der Waals surface area contributed by atoms with Gasteiger partial charge in [-0.3, -0.25) is 9.59 Å². The molecule has 0 fully saturated rings. The summed E-state index contributed by atoms with van der Waals surface area (Å²) in [5.41, 5.74) is 1.75. The molecule has 6 nitrogen and oxygen atoms in total. The molecule has 2 heterocycles. The molecule has 0 bridgehead atoms. The third-order valence-electron chi connectivity index (χ3n) is 3.87. The van der Waals surface area contributed by atoms with Crippen molar-refractivity contribution in [1.82, 2.24) is 14.3 Å². The van der Waals surface area contributed by atoms with Crippen LogP contribution in [0.15, 0.2) is 17.1 Å². The lowest BCUT2D eigenvalue weighted by Crippen LogP contribution is -2.27. The van der Waals surface area contributed by atoms with Crippen LogP contribution in [0.2, 0.25) is 10.0 Å². The van der Waals surface area contributed by atoms with Crippen molar-refractivity contribution in [1.29, 1.82) is 0 Å². The van der Waals surface area contributed by atoms with Gasteiger partial charge in [-0.2, -0.15) is 5.10 Å². The predicted molar refractivity (Wildman–Crippen MR) is 93.3 cm³/mol. The summed E-state index contributed by atoms with van der Waals surface area (Å²) in [6.07, 6.45) is 1.25.